The number of aryl methyl sites for hydroxylation is 1. The molecule has 0 bridgehead atoms. The number of hydrogen-bond donors (Lipinski definition) is 0. The summed E-state index contributed by atoms with van der Waals surface area (Å²) in [5, 5.41) is 0. The molecule has 1 aliphatic heterocycles. The number of para-hydroxylation sites is 1. The third-order valence-corrected chi connectivity index (χ3v) is 4.61. The van der Waals surface area contributed by atoms with Crippen LogP contribution in [0.4, 0.5) is 5.69 Å². The van der Waals surface area contributed by atoms with Crippen molar-refractivity contribution in [2.24, 2.45) is 0 Å². The Morgan fingerprint density at radius 1 is 1.12 bits per heavy atom. The SMILES string of the molecule is Brc1cccc2c1N(C1CCCC1)CCC2. The fourth-order valence-electron chi connectivity index (χ4n) is 3.22. The van der Waals surface area contributed by atoms with Gasteiger partial charge in [0.1, 0.15) is 0 Å². The Bertz CT molecular complexity index is 382. The average Bonchev–Trinajstić information content (AvgIpc) is 2.82. The molecule has 0 aromatic heterocycles. The Kier molecular flexibility index (Phi) is 2.93. The smallest absolute Gasteiger partial charge is 0.0545 e. The molecule has 3 rings (SSSR count). The lowest BCUT2D eigenvalue weighted by atomic mass is 9.99. The highest BCUT2D eigenvalue weighted by Gasteiger charge is 2.27. The molecule has 1 aromatic rings. The maximum absolute atomic E-state index is 3.73. The van der Waals surface area contributed by atoms with Crippen molar-refractivity contribution in [2.75, 3.05) is 11.4 Å². The van der Waals surface area contributed by atoms with E-state index in [2.05, 4.69) is 39.0 Å². The van der Waals surface area contributed by atoms with Crippen LogP contribution in [-0.2, 0) is 6.42 Å². The standard InChI is InChI=1S/C14H18BrN/c15-13-9-3-5-11-6-4-10-16(14(11)13)12-7-1-2-8-12/h3,5,9,12H,1-2,4,6-8,10H2. The molecule has 0 N–H and O–H groups in total. The van der Waals surface area contributed by atoms with Gasteiger partial charge in [-0.3, -0.25) is 0 Å². The molecule has 1 saturated carbocycles. The molecular weight excluding hydrogens is 262 g/mol. The zero-order chi connectivity index (χ0) is 11.0. The molecule has 0 unspecified atom stereocenters. The lowest BCUT2D eigenvalue weighted by Gasteiger charge is -2.37. The summed E-state index contributed by atoms with van der Waals surface area (Å²) in [7, 11) is 0. The fourth-order valence-corrected chi connectivity index (χ4v) is 3.85. The van der Waals surface area contributed by atoms with Crippen molar-refractivity contribution in [3.8, 4) is 0 Å². The molecule has 1 fully saturated rings. The molecule has 0 saturated heterocycles. The highest BCUT2D eigenvalue weighted by molar-refractivity contribution is 9.10. The Hall–Kier alpha value is -0.500. The molecule has 1 heterocycles. The number of benzene rings is 1. The molecule has 0 spiro atoms. The molecule has 0 radical (unpaired) electrons. The Balaban J connectivity index is 1.98. The summed E-state index contributed by atoms with van der Waals surface area (Å²) in [6, 6.07) is 7.45. The lowest BCUT2D eigenvalue weighted by Crippen LogP contribution is -2.37. The molecule has 0 amide bonds. The van der Waals surface area contributed by atoms with Gasteiger partial charge in [0.2, 0.25) is 0 Å². The van der Waals surface area contributed by atoms with Gasteiger partial charge in [-0.15, -0.1) is 0 Å². The number of anilines is 1. The molecule has 16 heavy (non-hydrogen) atoms. The van der Waals surface area contributed by atoms with E-state index in [0.717, 1.165) is 6.04 Å². The Morgan fingerprint density at radius 3 is 2.75 bits per heavy atom. The summed E-state index contributed by atoms with van der Waals surface area (Å²) in [4.78, 5) is 2.66. The van der Waals surface area contributed by atoms with Gasteiger partial charge in [-0.25, -0.2) is 0 Å². The van der Waals surface area contributed by atoms with Gasteiger partial charge >= 0.3 is 0 Å². The lowest BCUT2D eigenvalue weighted by molar-refractivity contribution is 0.570. The average molecular weight is 280 g/mol. The molecule has 0 atom stereocenters. The van der Waals surface area contributed by atoms with Gasteiger partial charge < -0.3 is 4.90 Å². The first-order valence-electron chi connectivity index (χ1n) is 6.40. The van der Waals surface area contributed by atoms with Gasteiger partial charge in [-0.2, -0.15) is 0 Å². The maximum Gasteiger partial charge on any atom is 0.0545 e. The van der Waals surface area contributed by atoms with Crippen LogP contribution in [0.15, 0.2) is 22.7 Å². The minimum Gasteiger partial charge on any atom is -0.367 e. The van der Waals surface area contributed by atoms with Crippen LogP contribution < -0.4 is 4.90 Å². The van der Waals surface area contributed by atoms with Crippen LogP contribution in [0, 0.1) is 0 Å². The highest BCUT2D eigenvalue weighted by Crippen LogP contribution is 2.38. The minimum absolute atomic E-state index is 0.803. The van der Waals surface area contributed by atoms with Crippen LogP contribution in [0.1, 0.15) is 37.7 Å². The van der Waals surface area contributed by atoms with Crippen molar-refractivity contribution in [1.82, 2.24) is 0 Å². The summed E-state index contributed by atoms with van der Waals surface area (Å²) in [5.74, 6) is 0. The Morgan fingerprint density at radius 2 is 1.94 bits per heavy atom. The van der Waals surface area contributed by atoms with E-state index in [4.69, 9.17) is 0 Å². The monoisotopic (exact) mass is 279 g/mol. The fraction of sp³-hybridized carbons (Fsp3) is 0.571. The van der Waals surface area contributed by atoms with Gasteiger partial charge in [0.15, 0.2) is 0 Å². The first kappa shape index (κ1) is 10.6. The number of hydrogen-bond acceptors (Lipinski definition) is 1. The molecular formula is C14H18BrN. The van der Waals surface area contributed by atoms with Crippen molar-refractivity contribution in [3.05, 3.63) is 28.2 Å². The van der Waals surface area contributed by atoms with Crippen molar-refractivity contribution in [1.29, 1.82) is 0 Å². The highest BCUT2D eigenvalue weighted by atomic mass is 79.9. The van der Waals surface area contributed by atoms with Crippen molar-refractivity contribution < 1.29 is 0 Å². The number of fused-ring (bicyclic) bond motifs is 1. The van der Waals surface area contributed by atoms with E-state index in [1.54, 1.807) is 0 Å². The first-order chi connectivity index (χ1) is 7.86. The van der Waals surface area contributed by atoms with E-state index in [-0.39, 0.29) is 0 Å². The predicted octanol–water partition coefficient (Wildman–Crippen LogP) is 4.14. The summed E-state index contributed by atoms with van der Waals surface area (Å²) in [5.41, 5.74) is 3.02. The van der Waals surface area contributed by atoms with Gasteiger partial charge in [-0.1, -0.05) is 25.0 Å². The third-order valence-electron chi connectivity index (χ3n) is 3.97. The van der Waals surface area contributed by atoms with Crippen LogP contribution in [0.2, 0.25) is 0 Å². The van der Waals surface area contributed by atoms with Gasteiger partial charge in [0, 0.05) is 17.1 Å². The second kappa shape index (κ2) is 4.40. The molecule has 86 valence electrons. The second-order valence-electron chi connectivity index (χ2n) is 4.98. The van der Waals surface area contributed by atoms with Crippen LogP contribution >= 0.6 is 15.9 Å². The van der Waals surface area contributed by atoms with Gasteiger partial charge in [-0.05, 0) is 53.2 Å². The van der Waals surface area contributed by atoms with E-state index in [1.807, 2.05) is 0 Å². The zero-order valence-corrected chi connectivity index (χ0v) is 11.2. The van der Waals surface area contributed by atoms with E-state index in [0.29, 0.717) is 0 Å². The van der Waals surface area contributed by atoms with Crippen molar-refractivity contribution in [3.63, 3.8) is 0 Å². The number of nitrogens with zero attached hydrogens (tertiary/aromatic N) is 1. The molecule has 2 aliphatic rings. The van der Waals surface area contributed by atoms with Crippen molar-refractivity contribution in [2.45, 2.75) is 44.6 Å². The van der Waals surface area contributed by atoms with Crippen molar-refractivity contribution >= 4 is 21.6 Å². The minimum atomic E-state index is 0.803. The van der Waals surface area contributed by atoms with Crippen LogP contribution in [-0.4, -0.2) is 12.6 Å². The first-order valence-corrected chi connectivity index (χ1v) is 7.19. The maximum atomic E-state index is 3.73. The largest absolute Gasteiger partial charge is 0.367 e. The van der Waals surface area contributed by atoms with Crippen LogP contribution in [0.5, 0.6) is 0 Å². The van der Waals surface area contributed by atoms with E-state index >= 15 is 0 Å². The third kappa shape index (κ3) is 1.77. The Labute approximate surface area is 106 Å². The second-order valence-corrected chi connectivity index (χ2v) is 5.84. The zero-order valence-electron chi connectivity index (χ0n) is 9.58. The topological polar surface area (TPSA) is 3.24 Å². The summed E-state index contributed by atoms with van der Waals surface area (Å²) < 4.78 is 1.29. The number of rotatable bonds is 1. The number of halogens is 1. The molecule has 1 aromatic carbocycles. The molecule has 2 heteroatoms. The normalized spacial score (nSPS) is 21.2. The molecule has 1 aliphatic carbocycles. The van der Waals surface area contributed by atoms with Gasteiger partial charge in [0.25, 0.3) is 0 Å². The van der Waals surface area contributed by atoms with E-state index in [1.165, 1.54) is 60.8 Å². The van der Waals surface area contributed by atoms with Gasteiger partial charge in [0.05, 0.1) is 5.69 Å². The van der Waals surface area contributed by atoms with E-state index < -0.39 is 0 Å². The molecule has 1 nitrogen and oxygen atoms in total. The van der Waals surface area contributed by atoms with E-state index in [9.17, 15) is 0 Å². The summed E-state index contributed by atoms with van der Waals surface area (Å²) >= 11 is 3.73. The van der Waals surface area contributed by atoms with Crippen LogP contribution in [0.3, 0.4) is 0 Å². The van der Waals surface area contributed by atoms with Crippen LogP contribution in [0.25, 0.3) is 0 Å². The summed E-state index contributed by atoms with van der Waals surface area (Å²) in [6.45, 7) is 1.25. The predicted molar refractivity (Wildman–Crippen MR) is 72.1 cm³/mol. The summed E-state index contributed by atoms with van der Waals surface area (Å²) in [6.07, 6.45) is 8.18. The quantitative estimate of drug-likeness (QED) is 0.747.